The number of hydrogen-bond donors (Lipinski definition) is 1. The molecule has 160 valence electrons. The van der Waals surface area contributed by atoms with E-state index in [0.717, 1.165) is 4.47 Å². The fourth-order valence-electron chi connectivity index (χ4n) is 2.79. The molecule has 3 rings (SSSR count). The molecule has 0 aliphatic rings. The van der Waals surface area contributed by atoms with Crippen LogP contribution in [-0.4, -0.2) is 25.1 Å². The van der Waals surface area contributed by atoms with Crippen molar-refractivity contribution in [1.29, 1.82) is 0 Å². The summed E-state index contributed by atoms with van der Waals surface area (Å²) in [6.45, 7) is 1.99. The van der Waals surface area contributed by atoms with Crippen molar-refractivity contribution < 1.29 is 23.8 Å². The molecule has 0 saturated heterocycles. The minimum absolute atomic E-state index is 0.326. The van der Waals surface area contributed by atoms with E-state index in [0.29, 0.717) is 29.4 Å². The topological polar surface area (TPSA) is 73.9 Å². The quantitative estimate of drug-likeness (QED) is 0.426. The lowest BCUT2D eigenvalue weighted by Gasteiger charge is -2.19. The molecule has 0 aliphatic heterocycles. The maximum absolute atomic E-state index is 13.0. The molecule has 0 bridgehead atoms. The summed E-state index contributed by atoms with van der Waals surface area (Å²) in [4.78, 5) is 25.5. The smallest absolute Gasteiger partial charge is 0.345 e. The largest absolute Gasteiger partial charge is 0.492 e. The number of anilines is 1. The lowest BCUT2D eigenvalue weighted by Crippen LogP contribution is -2.28. The zero-order chi connectivity index (χ0) is 22.1. The minimum Gasteiger partial charge on any atom is -0.492 e. The van der Waals surface area contributed by atoms with Gasteiger partial charge < -0.3 is 19.5 Å². The second-order valence-electron chi connectivity index (χ2n) is 6.44. The molecular weight excluding hydrogens is 462 g/mol. The number of ether oxygens (including phenoxy) is 3. The summed E-state index contributed by atoms with van der Waals surface area (Å²) in [6.07, 6.45) is -1.14. The van der Waals surface area contributed by atoms with E-state index in [1.54, 1.807) is 66.7 Å². The number of amides is 1. The average molecular weight is 484 g/mol. The van der Waals surface area contributed by atoms with Gasteiger partial charge in [0.25, 0.3) is 5.91 Å². The predicted octanol–water partition coefficient (Wildman–Crippen LogP) is 5.15. The van der Waals surface area contributed by atoms with Crippen LogP contribution < -0.4 is 14.8 Å². The Morgan fingerprint density at radius 1 is 0.903 bits per heavy atom. The third kappa shape index (κ3) is 6.58. The van der Waals surface area contributed by atoms with Crippen LogP contribution in [0.5, 0.6) is 11.5 Å². The van der Waals surface area contributed by atoms with Crippen LogP contribution in [0.1, 0.15) is 18.6 Å². The van der Waals surface area contributed by atoms with Gasteiger partial charge in [-0.05, 0) is 43.3 Å². The normalized spacial score (nSPS) is 11.3. The Hall–Kier alpha value is -3.32. The van der Waals surface area contributed by atoms with Gasteiger partial charge in [0.2, 0.25) is 6.10 Å². The number of benzene rings is 3. The highest BCUT2D eigenvalue weighted by Crippen LogP contribution is 2.27. The molecule has 3 aromatic carbocycles. The van der Waals surface area contributed by atoms with E-state index in [1.165, 1.54) is 0 Å². The molecular formula is C24H22BrNO5. The average Bonchev–Trinajstić information content (AvgIpc) is 2.79. The molecule has 7 heteroatoms. The Morgan fingerprint density at radius 2 is 1.58 bits per heavy atom. The van der Waals surface area contributed by atoms with Crippen molar-refractivity contribution in [2.45, 2.75) is 13.0 Å². The van der Waals surface area contributed by atoms with Gasteiger partial charge in [-0.3, -0.25) is 4.79 Å². The maximum Gasteiger partial charge on any atom is 0.345 e. The van der Waals surface area contributed by atoms with Gasteiger partial charge in [-0.2, -0.15) is 0 Å². The van der Waals surface area contributed by atoms with Crippen LogP contribution in [0, 0.1) is 0 Å². The van der Waals surface area contributed by atoms with E-state index in [2.05, 4.69) is 21.2 Å². The number of carbonyl (C=O) groups is 2. The highest BCUT2D eigenvalue weighted by molar-refractivity contribution is 9.10. The summed E-state index contributed by atoms with van der Waals surface area (Å²) >= 11 is 3.34. The van der Waals surface area contributed by atoms with E-state index in [1.807, 2.05) is 19.1 Å². The van der Waals surface area contributed by atoms with E-state index >= 15 is 0 Å². The van der Waals surface area contributed by atoms with Gasteiger partial charge in [0, 0.05) is 10.0 Å². The Labute approximate surface area is 189 Å². The summed E-state index contributed by atoms with van der Waals surface area (Å²) in [6, 6.07) is 23.0. The molecule has 1 N–H and O–H groups in total. The zero-order valence-electron chi connectivity index (χ0n) is 16.9. The summed E-state index contributed by atoms with van der Waals surface area (Å²) in [5, 5.41) is 2.79. The standard InChI is InChI=1S/C24H22BrNO5/c1-2-29-21-11-7-6-10-20(21)26-24(28)23(17-8-4-3-5-9-17)31-22(27)16-30-19-14-12-18(25)13-15-19/h3-15,23H,2,16H2,1H3,(H,26,28). The SMILES string of the molecule is CCOc1ccccc1NC(=O)C(OC(=O)COc1ccc(Br)cc1)c1ccccc1. The minimum atomic E-state index is -1.14. The summed E-state index contributed by atoms with van der Waals surface area (Å²) < 4.78 is 17.4. The maximum atomic E-state index is 13.0. The molecule has 0 heterocycles. The first-order valence-electron chi connectivity index (χ1n) is 9.72. The van der Waals surface area contributed by atoms with Crippen molar-refractivity contribution in [2.24, 2.45) is 0 Å². The second kappa shape index (κ2) is 11.2. The van der Waals surface area contributed by atoms with Crippen LogP contribution in [0.2, 0.25) is 0 Å². The van der Waals surface area contributed by atoms with Gasteiger partial charge >= 0.3 is 5.97 Å². The van der Waals surface area contributed by atoms with E-state index in [9.17, 15) is 9.59 Å². The van der Waals surface area contributed by atoms with Crippen molar-refractivity contribution in [1.82, 2.24) is 0 Å². The van der Waals surface area contributed by atoms with Crippen molar-refractivity contribution in [3.63, 3.8) is 0 Å². The number of rotatable bonds is 9. The summed E-state index contributed by atoms with van der Waals surface area (Å²) in [5.74, 6) is -0.0954. The van der Waals surface area contributed by atoms with Crippen LogP contribution in [0.4, 0.5) is 5.69 Å². The lowest BCUT2D eigenvalue weighted by atomic mass is 10.1. The molecule has 3 aromatic rings. The van der Waals surface area contributed by atoms with Gasteiger partial charge in [-0.25, -0.2) is 4.79 Å². The van der Waals surface area contributed by atoms with E-state index in [-0.39, 0.29) is 6.61 Å². The van der Waals surface area contributed by atoms with Crippen molar-refractivity contribution in [3.8, 4) is 11.5 Å². The second-order valence-corrected chi connectivity index (χ2v) is 7.36. The predicted molar refractivity (Wildman–Crippen MR) is 121 cm³/mol. The molecule has 1 atom stereocenters. The van der Waals surface area contributed by atoms with Crippen LogP contribution >= 0.6 is 15.9 Å². The number of para-hydroxylation sites is 2. The highest BCUT2D eigenvalue weighted by atomic mass is 79.9. The molecule has 0 fully saturated rings. The third-order valence-corrected chi connectivity index (χ3v) is 4.73. The fourth-order valence-corrected chi connectivity index (χ4v) is 3.05. The van der Waals surface area contributed by atoms with Crippen molar-refractivity contribution in [2.75, 3.05) is 18.5 Å². The van der Waals surface area contributed by atoms with Crippen molar-refractivity contribution >= 4 is 33.5 Å². The van der Waals surface area contributed by atoms with Gasteiger partial charge in [-0.15, -0.1) is 0 Å². The Morgan fingerprint density at radius 3 is 2.29 bits per heavy atom. The zero-order valence-corrected chi connectivity index (χ0v) is 18.5. The number of nitrogens with one attached hydrogen (secondary N) is 1. The first-order valence-corrected chi connectivity index (χ1v) is 10.5. The van der Waals surface area contributed by atoms with Crippen LogP contribution in [0.25, 0.3) is 0 Å². The molecule has 1 unspecified atom stereocenters. The number of halogens is 1. The van der Waals surface area contributed by atoms with E-state index in [4.69, 9.17) is 14.2 Å². The molecule has 0 aromatic heterocycles. The number of hydrogen-bond acceptors (Lipinski definition) is 5. The monoisotopic (exact) mass is 483 g/mol. The first-order chi connectivity index (χ1) is 15.1. The number of esters is 1. The highest BCUT2D eigenvalue weighted by Gasteiger charge is 2.26. The van der Waals surface area contributed by atoms with E-state index < -0.39 is 18.0 Å². The first kappa shape index (κ1) is 22.4. The van der Waals surface area contributed by atoms with Crippen LogP contribution in [-0.2, 0) is 14.3 Å². The molecule has 1 amide bonds. The molecule has 0 aliphatic carbocycles. The molecule has 0 saturated carbocycles. The van der Waals surface area contributed by atoms with Crippen molar-refractivity contribution in [3.05, 3.63) is 88.9 Å². The molecule has 6 nitrogen and oxygen atoms in total. The molecule has 0 spiro atoms. The third-order valence-electron chi connectivity index (χ3n) is 4.20. The van der Waals surface area contributed by atoms with Gasteiger partial charge in [-0.1, -0.05) is 58.4 Å². The summed E-state index contributed by atoms with van der Waals surface area (Å²) in [5.41, 5.74) is 1.04. The fraction of sp³-hybridized carbons (Fsp3) is 0.167. The van der Waals surface area contributed by atoms with Crippen LogP contribution in [0.3, 0.4) is 0 Å². The Bertz CT molecular complexity index is 1010. The van der Waals surface area contributed by atoms with Gasteiger partial charge in [0.1, 0.15) is 11.5 Å². The van der Waals surface area contributed by atoms with Gasteiger partial charge in [0.05, 0.1) is 12.3 Å². The Kier molecular flexibility index (Phi) is 8.06. The Balaban J connectivity index is 1.71. The molecule has 0 radical (unpaired) electrons. The molecule has 31 heavy (non-hydrogen) atoms. The number of carbonyl (C=O) groups excluding carboxylic acids is 2. The summed E-state index contributed by atoms with van der Waals surface area (Å²) in [7, 11) is 0. The van der Waals surface area contributed by atoms with Gasteiger partial charge in [0.15, 0.2) is 6.61 Å². The van der Waals surface area contributed by atoms with Crippen LogP contribution in [0.15, 0.2) is 83.3 Å². The lowest BCUT2D eigenvalue weighted by molar-refractivity contribution is -0.156.